The van der Waals surface area contributed by atoms with Crippen molar-refractivity contribution in [1.29, 1.82) is 0 Å². The van der Waals surface area contributed by atoms with E-state index in [1.165, 1.54) is 25.6 Å². The van der Waals surface area contributed by atoms with Gasteiger partial charge in [-0.3, -0.25) is 14.5 Å². The first-order valence-electron chi connectivity index (χ1n) is 12.1. The second kappa shape index (κ2) is 10.5. The molecule has 0 radical (unpaired) electrons. The Morgan fingerprint density at radius 2 is 1.77 bits per heavy atom. The maximum Gasteiger partial charge on any atom is 0.243 e. The number of hydrogen-bond donors (Lipinski definition) is 1. The normalized spacial score (nSPS) is 19.1. The fourth-order valence-electron chi connectivity index (χ4n) is 5.07. The number of amides is 2. The number of nitrogens with zero attached hydrogens (tertiary/aromatic N) is 3. The van der Waals surface area contributed by atoms with Crippen molar-refractivity contribution < 1.29 is 18.0 Å². The van der Waals surface area contributed by atoms with Gasteiger partial charge < -0.3 is 10.2 Å². The molecule has 0 spiro atoms. The topological polar surface area (TPSA) is 90.0 Å². The molecule has 0 aromatic heterocycles. The Kier molecular flexibility index (Phi) is 7.59. The molecule has 4 rings (SSSR count). The van der Waals surface area contributed by atoms with Crippen molar-refractivity contribution in [3.05, 3.63) is 59.7 Å². The van der Waals surface area contributed by atoms with Crippen molar-refractivity contribution in [1.82, 2.24) is 14.5 Å². The lowest BCUT2D eigenvalue weighted by molar-refractivity contribution is -0.122. The van der Waals surface area contributed by atoms with Gasteiger partial charge in [0.15, 0.2) is 0 Å². The average molecular weight is 499 g/mol. The van der Waals surface area contributed by atoms with Crippen molar-refractivity contribution in [3.63, 3.8) is 0 Å². The zero-order valence-electron chi connectivity index (χ0n) is 20.6. The SMILES string of the molecule is CC(=O)N1c2ccc(S(=O)(=O)N(C)CC(=O)NC3CCN(Cc4ccccc4)CC3)cc2C[C@H]1C. The summed E-state index contributed by atoms with van der Waals surface area (Å²) in [6.07, 6.45) is 2.28. The summed E-state index contributed by atoms with van der Waals surface area (Å²) in [5.41, 5.74) is 2.86. The predicted molar refractivity (Wildman–Crippen MR) is 135 cm³/mol. The molecule has 0 bridgehead atoms. The fourth-order valence-corrected chi connectivity index (χ4v) is 6.24. The number of carbonyl (C=O) groups excluding carboxylic acids is 2. The molecule has 1 atom stereocenters. The third-order valence-corrected chi connectivity index (χ3v) is 8.68. The number of benzene rings is 2. The van der Waals surface area contributed by atoms with E-state index in [0.29, 0.717) is 6.42 Å². The molecule has 2 aromatic rings. The van der Waals surface area contributed by atoms with Crippen LogP contribution in [-0.2, 0) is 32.6 Å². The first-order chi connectivity index (χ1) is 16.6. The van der Waals surface area contributed by atoms with Crippen molar-refractivity contribution in [2.75, 3.05) is 31.6 Å². The van der Waals surface area contributed by atoms with E-state index >= 15 is 0 Å². The predicted octanol–water partition coefficient (Wildman–Crippen LogP) is 2.39. The van der Waals surface area contributed by atoms with Crippen LogP contribution in [0.3, 0.4) is 0 Å². The first-order valence-corrected chi connectivity index (χ1v) is 13.5. The summed E-state index contributed by atoms with van der Waals surface area (Å²) in [5, 5.41) is 3.01. The highest BCUT2D eigenvalue weighted by atomic mass is 32.2. The standard InChI is InChI=1S/C26H34N4O4S/c1-19-15-22-16-24(9-10-25(22)30(19)20(2)31)35(33,34)28(3)18-26(32)27-23-11-13-29(14-12-23)17-21-7-5-4-6-8-21/h4-10,16,19,23H,11-15,17-18H2,1-3H3,(H,27,32)/t19-/m1/s1. The highest BCUT2D eigenvalue weighted by molar-refractivity contribution is 7.89. The minimum absolute atomic E-state index is 0.0110. The van der Waals surface area contributed by atoms with E-state index in [4.69, 9.17) is 0 Å². The van der Waals surface area contributed by atoms with Crippen LogP contribution in [0.4, 0.5) is 5.69 Å². The van der Waals surface area contributed by atoms with Crippen LogP contribution in [0, 0.1) is 0 Å². The Bertz CT molecular complexity index is 1180. The molecule has 2 aliphatic heterocycles. The second-order valence-electron chi connectivity index (χ2n) is 9.60. The van der Waals surface area contributed by atoms with Gasteiger partial charge in [-0.15, -0.1) is 0 Å². The summed E-state index contributed by atoms with van der Waals surface area (Å²) in [6.45, 7) is 5.89. The molecule has 1 saturated heterocycles. The van der Waals surface area contributed by atoms with Crippen molar-refractivity contribution in [3.8, 4) is 0 Å². The Labute approximate surface area is 207 Å². The van der Waals surface area contributed by atoms with Crippen LogP contribution in [0.1, 0.15) is 37.8 Å². The van der Waals surface area contributed by atoms with Gasteiger partial charge in [0.05, 0.1) is 11.4 Å². The van der Waals surface area contributed by atoms with Gasteiger partial charge in [-0.2, -0.15) is 4.31 Å². The number of sulfonamides is 1. The number of fused-ring (bicyclic) bond motifs is 1. The van der Waals surface area contributed by atoms with Crippen LogP contribution in [0.25, 0.3) is 0 Å². The number of likely N-dealkylation sites (tertiary alicyclic amines) is 1. The maximum absolute atomic E-state index is 13.1. The van der Waals surface area contributed by atoms with Crippen LogP contribution in [0.2, 0.25) is 0 Å². The molecular weight excluding hydrogens is 464 g/mol. The van der Waals surface area contributed by atoms with Gasteiger partial charge in [-0.05, 0) is 55.5 Å². The van der Waals surface area contributed by atoms with Gasteiger partial charge in [0.25, 0.3) is 0 Å². The summed E-state index contributed by atoms with van der Waals surface area (Å²) >= 11 is 0. The number of likely N-dealkylation sites (N-methyl/N-ethyl adjacent to an activating group) is 1. The molecule has 0 aliphatic carbocycles. The van der Waals surface area contributed by atoms with E-state index in [0.717, 1.165) is 48.0 Å². The molecule has 9 heteroatoms. The number of anilines is 1. The summed E-state index contributed by atoms with van der Waals surface area (Å²) < 4.78 is 27.4. The van der Waals surface area contributed by atoms with E-state index in [9.17, 15) is 18.0 Å². The lowest BCUT2D eigenvalue weighted by Gasteiger charge is -2.32. The summed E-state index contributed by atoms with van der Waals surface area (Å²) in [6, 6.07) is 15.2. The van der Waals surface area contributed by atoms with Gasteiger partial charge in [0.2, 0.25) is 21.8 Å². The largest absolute Gasteiger partial charge is 0.352 e. The Morgan fingerprint density at radius 1 is 1.09 bits per heavy atom. The molecule has 35 heavy (non-hydrogen) atoms. The molecule has 2 aliphatic rings. The number of piperidine rings is 1. The van der Waals surface area contributed by atoms with Crippen LogP contribution in [0.5, 0.6) is 0 Å². The van der Waals surface area contributed by atoms with Crippen LogP contribution < -0.4 is 10.2 Å². The smallest absolute Gasteiger partial charge is 0.243 e. The summed E-state index contributed by atoms with van der Waals surface area (Å²) in [4.78, 5) is 28.8. The summed E-state index contributed by atoms with van der Waals surface area (Å²) in [5.74, 6) is -0.360. The Balaban J connectivity index is 1.31. The van der Waals surface area contributed by atoms with Gasteiger partial charge in [-0.25, -0.2) is 8.42 Å². The minimum atomic E-state index is -3.83. The van der Waals surface area contributed by atoms with Crippen LogP contribution >= 0.6 is 0 Å². The van der Waals surface area contributed by atoms with Crippen molar-refractivity contribution >= 4 is 27.5 Å². The Hall–Kier alpha value is -2.75. The first kappa shape index (κ1) is 25.3. The molecule has 0 unspecified atom stereocenters. The third kappa shape index (κ3) is 5.74. The number of hydrogen-bond acceptors (Lipinski definition) is 5. The van der Waals surface area contributed by atoms with Gasteiger partial charge >= 0.3 is 0 Å². The fraction of sp³-hybridized carbons (Fsp3) is 0.462. The lowest BCUT2D eigenvalue weighted by atomic mass is 10.0. The maximum atomic E-state index is 13.1. The molecule has 1 fully saturated rings. The van der Waals surface area contributed by atoms with Gasteiger partial charge in [-0.1, -0.05) is 30.3 Å². The van der Waals surface area contributed by atoms with E-state index < -0.39 is 10.0 Å². The van der Waals surface area contributed by atoms with Crippen molar-refractivity contribution in [2.24, 2.45) is 0 Å². The zero-order valence-corrected chi connectivity index (χ0v) is 21.4. The Morgan fingerprint density at radius 3 is 2.43 bits per heavy atom. The molecule has 2 heterocycles. The highest BCUT2D eigenvalue weighted by Gasteiger charge is 2.32. The van der Waals surface area contributed by atoms with Crippen LogP contribution in [-0.4, -0.2) is 68.2 Å². The monoisotopic (exact) mass is 498 g/mol. The number of carbonyl (C=O) groups is 2. The molecule has 1 N–H and O–H groups in total. The van der Waals surface area contributed by atoms with Crippen LogP contribution in [0.15, 0.2) is 53.4 Å². The van der Waals surface area contributed by atoms with E-state index in [2.05, 4.69) is 22.3 Å². The third-order valence-electron chi connectivity index (χ3n) is 6.88. The summed E-state index contributed by atoms with van der Waals surface area (Å²) in [7, 11) is -2.41. The molecule has 8 nitrogen and oxygen atoms in total. The zero-order chi connectivity index (χ0) is 25.2. The van der Waals surface area contributed by atoms with Gasteiger partial charge in [0.1, 0.15) is 0 Å². The number of nitrogens with one attached hydrogen (secondary N) is 1. The molecular formula is C26H34N4O4S. The van der Waals surface area contributed by atoms with E-state index in [1.807, 2.05) is 25.1 Å². The second-order valence-corrected chi connectivity index (χ2v) is 11.6. The lowest BCUT2D eigenvalue weighted by Crippen LogP contribution is -2.47. The minimum Gasteiger partial charge on any atom is -0.352 e. The van der Waals surface area contributed by atoms with E-state index in [-0.39, 0.29) is 35.3 Å². The average Bonchev–Trinajstić information content (AvgIpc) is 3.16. The molecule has 2 aromatic carbocycles. The molecule has 188 valence electrons. The van der Waals surface area contributed by atoms with E-state index in [1.54, 1.807) is 17.0 Å². The van der Waals surface area contributed by atoms with Gasteiger partial charge in [0, 0.05) is 51.4 Å². The molecule has 2 amide bonds. The molecule has 0 saturated carbocycles. The van der Waals surface area contributed by atoms with Crippen molar-refractivity contribution in [2.45, 2.75) is 56.6 Å². The highest BCUT2D eigenvalue weighted by Crippen LogP contribution is 2.34. The number of rotatable bonds is 7. The quantitative estimate of drug-likeness (QED) is 0.633.